The van der Waals surface area contributed by atoms with E-state index in [9.17, 15) is 0 Å². The Labute approximate surface area is 119 Å². The quantitative estimate of drug-likeness (QED) is 0.866. The summed E-state index contributed by atoms with van der Waals surface area (Å²) in [5.41, 5.74) is 4.71. The standard InChI is InChI=1S/C16H18N4/c1-11-12(2)19-16(15(11)9-17)18-10-13-5-7-14(8-6-13)20(3)4/h5-8,10,19H,1-4H3/b18-10+. The Hall–Kier alpha value is -2.54. The third-order valence-corrected chi connectivity index (χ3v) is 3.34. The summed E-state index contributed by atoms with van der Waals surface area (Å²) in [4.78, 5) is 9.57. The Bertz CT molecular complexity index is 670. The second-order valence-electron chi connectivity index (χ2n) is 4.95. The van der Waals surface area contributed by atoms with Crippen LogP contribution in [0.1, 0.15) is 22.4 Å². The number of nitriles is 1. The maximum atomic E-state index is 9.16. The van der Waals surface area contributed by atoms with Gasteiger partial charge in [0.25, 0.3) is 0 Å². The van der Waals surface area contributed by atoms with Crippen molar-refractivity contribution in [3.05, 3.63) is 46.6 Å². The molecule has 0 aliphatic carbocycles. The van der Waals surface area contributed by atoms with Gasteiger partial charge in [-0.15, -0.1) is 0 Å². The van der Waals surface area contributed by atoms with Crippen molar-refractivity contribution < 1.29 is 0 Å². The van der Waals surface area contributed by atoms with Crippen LogP contribution in [0, 0.1) is 25.2 Å². The summed E-state index contributed by atoms with van der Waals surface area (Å²) in [6.07, 6.45) is 1.77. The number of aryl methyl sites for hydroxylation is 1. The Kier molecular flexibility index (Phi) is 3.90. The second-order valence-corrected chi connectivity index (χ2v) is 4.95. The summed E-state index contributed by atoms with van der Waals surface area (Å²) in [6.45, 7) is 3.87. The molecule has 0 aliphatic rings. The number of benzene rings is 1. The molecule has 4 heteroatoms. The third kappa shape index (κ3) is 2.72. The van der Waals surface area contributed by atoms with E-state index in [1.54, 1.807) is 6.21 Å². The number of aromatic nitrogens is 1. The molecule has 102 valence electrons. The van der Waals surface area contributed by atoms with Crippen molar-refractivity contribution in [1.82, 2.24) is 4.98 Å². The minimum Gasteiger partial charge on any atom is -0.378 e. The first kappa shape index (κ1) is 13.9. The summed E-state index contributed by atoms with van der Waals surface area (Å²) in [7, 11) is 4.01. The molecule has 2 aromatic rings. The van der Waals surface area contributed by atoms with E-state index in [2.05, 4.69) is 16.0 Å². The summed E-state index contributed by atoms with van der Waals surface area (Å²) in [6, 6.07) is 10.3. The van der Waals surface area contributed by atoms with E-state index in [4.69, 9.17) is 5.26 Å². The predicted molar refractivity (Wildman–Crippen MR) is 83.0 cm³/mol. The molecule has 0 fully saturated rings. The molecule has 0 saturated carbocycles. The molecule has 1 N–H and O–H groups in total. The monoisotopic (exact) mass is 266 g/mol. The van der Waals surface area contributed by atoms with Crippen molar-refractivity contribution >= 4 is 17.7 Å². The summed E-state index contributed by atoms with van der Waals surface area (Å²) in [5.74, 6) is 0.624. The highest BCUT2D eigenvalue weighted by atomic mass is 15.1. The molecular weight excluding hydrogens is 248 g/mol. The Morgan fingerprint density at radius 2 is 1.85 bits per heavy atom. The molecule has 1 aromatic carbocycles. The summed E-state index contributed by atoms with van der Waals surface area (Å²) < 4.78 is 0. The van der Waals surface area contributed by atoms with Crippen LogP contribution in [-0.2, 0) is 0 Å². The number of hydrogen-bond acceptors (Lipinski definition) is 3. The number of H-pyrrole nitrogens is 1. The highest BCUT2D eigenvalue weighted by molar-refractivity contribution is 5.83. The highest BCUT2D eigenvalue weighted by Crippen LogP contribution is 2.23. The minimum absolute atomic E-state index is 0.615. The maximum Gasteiger partial charge on any atom is 0.148 e. The molecule has 0 amide bonds. The van der Waals surface area contributed by atoms with E-state index in [0.717, 1.165) is 22.5 Å². The molecule has 0 bridgehead atoms. The lowest BCUT2D eigenvalue weighted by atomic mass is 10.2. The number of anilines is 1. The van der Waals surface area contributed by atoms with Crippen molar-refractivity contribution in [2.75, 3.05) is 19.0 Å². The van der Waals surface area contributed by atoms with Gasteiger partial charge in [0.05, 0.1) is 5.56 Å². The van der Waals surface area contributed by atoms with Crippen molar-refractivity contribution in [2.45, 2.75) is 13.8 Å². The van der Waals surface area contributed by atoms with Crippen LogP contribution >= 0.6 is 0 Å². The number of aliphatic imine (C=N–C) groups is 1. The first-order chi connectivity index (χ1) is 9.52. The van der Waals surface area contributed by atoms with Crippen LogP contribution in [0.4, 0.5) is 11.5 Å². The second kappa shape index (κ2) is 5.62. The zero-order valence-electron chi connectivity index (χ0n) is 12.2. The predicted octanol–water partition coefficient (Wildman–Crippen LogP) is 3.32. The molecule has 0 unspecified atom stereocenters. The average molecular weight is 266 g/mol. The SMILES string of the molecule is Cc1[nH]c(/N=C/c2ccc(N(C)C)cc2)c(C#N)c1C. The molecule has 0 radical (unpaired) electrons. The highest BCUT2D eigenvalue weighted by Gasteiger charge is 2.09. The molecule has 1 heterocycles. The van der Waals surface area contributed by atoms with Gasteiger partial charge < -0.3 is 9.88 Å². The van der Waals surface area contributed by atoms with E-state index in [1.165, 1.54) is 0 Å². The van der Waals surface area contributed by atoms with Gasteiger partial charge in [0.1, 0.15) is 11.9 Å². The fourth-order valence-electron chi connectivity index (χ4n) is 1.93. The fraction of sp³-hybridized carbons (Fsp3) is 0.250. The summed E-state index contributed by atoms with van der Waals surface area (Å²) in [5, 5.41) is 9.16. The van der Waals surface area contributed by atoms with Crippen LogP contribution in [-0.4, -0.2) is 25.3 Å². The van der Waals surface area contributed by atoms with Gasteiger partial charge in [0.2, 0.25) is 0 Å². The molecule has 1 aromatic heterocycles. The van der Waals surface area contributed by atoms with Crippen LogP contribution in [0.15, 0.2) is 29.3 Å². The van der Waals surface area contributed by atoms with Gasteiger partial charge in [-0.3, -0.25) is 0 Å². The fourth-order valence-corrected chi connectivity index (χ4v) is 1.93. The minimum atomic E-state index is 0.615. The van der Waals surface area contributed by atoms with E-state index < -0.39 is 0 Å². The van der Waals surface area contributed by atoms with Gasteiger partial charge >= 0.3 is 0 Å². The molecule has 0 saturated heterocycles. The van der Waals surface area contributed by atoms with Crippen LogP contribution in [0.2, 0.25) is 0 Å². The van der Waals surface area contributed by atoms with Crippen molar-refractivity contribution in [3.63, 3.8) is 0 Å². The third-order valence-electron chi connectivity index (χ3n) is 3.34. The van der Waals surface area contributed by atoms with Crippen molar-refractivity contribution in [2.24, 2.45) is 4.99 Å². The van der Waals surface area contributed by atoms with Gasteiger partial charge in [0, 0.05) is 31.7 Å². The zero-order chi connectivity index (χ0) is 14.7. The van der Waals surface area contributed by atoms with Crippen LogP contribution < -0.4 is 4.90 Å². The summed E-state index contributed by atoms with van der Waals surface area (Å²) >= 11 is 0. The van der Waals surface area contributed by atoms with Gasteiger partial charge in [-0.1, -0.05) is 12.1 Å². The lowest BCUT2D eigenvalue weighted by molar-refractivity contribution is 1.13. The number of hydrogen-bond donors (Lipinski definition) is 1. The lowest BCUT2D eigenvalue weighted by Crippen LogP contribution is -2.08. The molecule has 2 rings (SSSR count). The van der Waals surface area contributed by atoms with E-state index in [0.29, 0.717) is 11.4 Å². The number of nitrogens with one attached hydrogen (secondary N) is 1. The number of nitrogens with zero attached hydrogens (tertiary/aromatic N) is 3. The Morgan fingerprint density at radius 3 is 2.40 bits per heavy atom. The maximum absolute atomic E-state index is 9.16. The van der Waals surface area contributed by atoms with E-state index >= 15 is 0 Å². The molecule has 4 nitrogen and oxygen atoms in total. The van der Waals surface area contributed by atoms with E-state index in [1.807, 2.05) is 57.1 Å². The van der Waals surface area contributed by atoms with Gasteiger partial charge in [-0.2, -0.15) is 5.26 Å². The zero-order valence-corrected chi connectivity index (χ0v) is 12.2. The van der Waals surface area contributed by atoms with E-state index in [-0.39, 0.29) is 0 Å². The molecule has 0 aliphatic heterocycles. The van der Waals surface area contributed by atoms with Crippen LogP contribution in [0.5, 0.6) is 0 Å². The van der Waals surface area contributed by atoms with Gasteiger partial charge in [-0.25, -0.2) is 4.99 Å². The molecule has 0 atom stereocenters. The van der Waals surface area contributed by atoms with Crippen LogP contribution in [0.3, 0.4) is 0 Å². The molecule has 20 heavy (non-hydrogen) atoms. The van der Waals surface area contributed by atoms with Crippen molar-refractivity contribution in [3.8, 4) is 6.07 Å². The van der Waals surface area contributed by atoms with Crippen LogP contribution in [0.25, 0.3) is 0 Å². The normalized spacial score (nSPS) is 10.8. The smallest absolute Gasteiger partial charge is 0.148 e. The van der Waals surface area contributed by atoms with Gasteiger partial charge in [0.15, 0.2) is 0 Å². The Balaban J connectivity index is 2.26. The number of rotatable bonds is 3. The molecular formula is C16H18N4. The first-order valence-corrected chi connectivity index (χ1v) is 6.43. The first-order valence-electron chi connectivity index (χ1n) is 6.43. The number of aromatic amines is 1. The van der Waals surface area contributed by atoms with Gasteiger partial charge in [-0.05, 0) is 37.1 Å². The largest absolute Gasteiger partial charge is 0.378 e. The Morgan fingerprint density at radius 1 is 1.20 bits per heavy atom. The van der Waals surface area contributed by atoms with Crippen molar-refractivity contribution in [1.29, 1.82) is 5.26 Å². The topological polar surface area (TPSA) is 55.2 Å². The molecule has 0 spiro atoms. The average Bonchev–Trinajstić information content (AvgIpc) is 2.71. The lowest BCUT2D eigenvalue weighted by Gasteiger charge is -2.11.